The summed E-state index contributed by atoms with van der Waals surface area (Å²) in [4.78, 5) is 30.7. The van der Waals surface area contributed by atoms with E-state index in [1.54, 1.807) is 14.2 Å². The van der Waals surface area contributed by atoms with E-state index in [1.807, 2.05) is 52.3 Å². The first kappa shape index (κ1) is 20.7. The topological polar surface area (TPSA) is 71.1 Å². The Morgan fingerprint density at radius 2 is 1.94 bits per heavy atom. The van der Waals surface area contributed by atoms with Gasteiger partial charge in [0.1, 0.15) is 17.5 Å². The largest absolute Gasteiger partial charge is 0.497 e. The number of carbonyl (C=O) groups is 2. The lowest BCUT2D eigenvalue weighted by molar-refractivity contribution is -0.152. The highest BCUT2D eigenvalue weighted by Gasteiger charge is 2.53. The van der Waals surface area contributed by atoms with E-state index in [-0.39, 0.29) is 24.0 Å². The number of nitrogens with one attached hydrogen (secondary N) is 1. The van der Waals surface area contributed by atoms with E-state index >= 15 is 0 Å². The first-order valence-corrected chi connectivity index (χ1v) is 11.3. The zero-order chi connectivity index (χ0) is 22.2. The molecule has 3 aliphatic rings. The Balaban J connectivity index is 1.49. The fourth-order valence-corrected chi connectivity index (χ4v) is 5.60. The summed E-state index contributed by atoms with van der Waals surface area (Å²) < 4.78 is 11.2. The van der Waals surface area contributed by atoms with Crippen LogP contribution in [0.2, 0.25) is 0 Å². The maximum Gasteiger partial charge on any atom is 0.318 e. The maximum atomic E-state index is 13.5. The SMILES string of the molecule is COc1cc2c(c(OC)c1)C1C3CCCC(C(=O)N1CC2)N3C(=O)NCc1ccccc1. The van der Waals surface area contributed by atoms with Crippen LogP contribution in [0.3, 0.4) is 0 Å². The summed E-state index contributed by atoms with van der Waals surface area (Å²) in [6, 6.07) is 12.9. The molecule has 0 aliphatic carbocycles. The summed E-state index contributed by atoms with van der Waals surface area (Å²) in [7, 11) is 3.29. The van der Waals surface area contributed by atoms with E-state index in [0.717, 1.165) is 47.5 Å². The average Bonchev–Trinajstić information content (AvgIpc) is 2.84. The Morgan fingerprint density at radius 3 is 2.69 bits per heavy atom. The van der Waals surface area contributed by atoms with Crippen molar-refractivity contribution >= 4 is 11.9 Å². The van der Waals surface area contributed by atoms with Crippen LogP contribution in [0.5, 0.6) is 11.5 Å². The normalized spacial score (nSPS) is 23.8. The molecular formula is C25H29N3O4. The predicted molar refractivity (Wildman–Crippen MR) is 120 cm³/mol. The van der Waals surface area contributed by atoms with Gasteiger partial charge in [0.05, 0.1) is 26.3 Å². The molecule has 2 aromatic carbocycles. The van der Waals surface area contributed by atoms with Crippen molar-refractivity contribution < 1.29 is 19.1 Å². The quantitative estimate of drug-likeness (QED) is 0.800. The van der Waals surface area contributed by atoms with Gasteiger partial charge in [-0.05, 0) is 42.9 Å². The molecule has 2 saturated heterocycles. The Labute approximate surface area is 188 Å². The van der Waals surface area contributed by atoms with Gasteiger partial charge in [-0.25, -0.2) is 4.79 Å². The van der Waals surface area contributed by atoms with Crippen molar-refractivity contribution in [1.82, 2.24) is 15.1 Å². The molecule has 5 rings (SSSR count). The van der Waals surface area contributed by atoms with E-state index in [0.29, 0.717) is 19.5 Å². The molecule has 1 N–H and O–H groups in total. The summed E-state index contributed by atoms with van der Waals surface area (Å²) in [6.45, 7) is 1.09. The van der Waals surface area contributed by atoms with Gasteiger partial charge in [0.2, 0.25) is 5.91 Å². The Bertz CT molecular complexity index is 1010. The third kappa shape index (κ3) is 3.36. The molecule has 0 aromatic heterocycles. The standard InChI is InChI=1S/C25H29N3O4/c1-31-18-13-17-11-12-27-23(22(17)21(14-18)32-2)19-9-6-10-20(24(27)29)28(19)25(30)26-15-16-7-4-3-5-8-16/h3-5,7-8,13-14,19-20,23H,6,9-12,15H2,1-2H3,(H,26,30). The summed E-state index contributed by atoms with van der Waals surface area (Å²) >= 11 is 0. The van der Waals surface area contributed by atoms with Crippen LogP contribution in [0.1, 0.15) is 42.0 Å². The second-order valence-electron chi connectivity index (χ2n) is 8.69. The fourth-order valence-electron chi connectivity index (χ4n) is 5.60. The van der Waals surface area contributed by atoms with Gasteiger partial charge in [0.15, 0.2) is 0 Å². The number of benzene rings is 2. The van der Waals surface area contributed by atoms with Crippen LogP contribution in [0.4, 0.5) is 4.79 Å². The molecular weight excluding hydrogens is 406 g/mol. The Kier molecular flexibility index (Phi) is 5.41. The molecule has 0 saturated carbocycles. The second-order valence-corrected chi connectivity index (χ2v) is 8.69. The number of piperidine rings is 1. The highest BCUT2D eigenvalue weighted by Crippen LogP contribution is 2.48. The zero-order valence-electron chi connectivity index (χ0n) is 18.5. The first-order valence-electron chi connectivity index (χ1n) is 11.3. The number of carbonyl (C=O) groups excluding carboxylic acids is 2. The van der Waals surface area contributed by atoms with Crippen molar-refractivity contribution in [3.05, 3.63) is 59.2 Å². The minimum absolute atomic E-state index is 0.0457. The van der Waals surface area contributed by atoms with E-state index in [2.05, 4.69) is 5.32 Å². The van der Waals surface area contributed by atoms with Crippen LogP contribution in [0, 0.1) is 0 Å². The smallest absolute Gasteiger partial charge is 0.318 e. The Morgan fingerprint density at radius 1 is 1.12 bits per heavy atom. The predicted octanol–water partition coefficient (Wildman–Crippen LogP) is 3.28. The lowest BCUT2D eigenvalue weighted by atomic mass is 9.78. The molecule has 3 aliphatic heterocycles. The van der Waals surface area contributed by atoms with Crippen LogP contribution in [-0.2, 0) is 17.8 Å². The van der Waals surface area contributed by atoms with Gasteiger partial charge in [0.25, 0.3) is 0 Å². The molecule has 32 heavy (non-hydrogen) atoms. The first-order chi connectivity index (χ1) is 15.6. The number of fused-ring (bicyclic) bond motifs is 6. The molecule has 3 atom stereocenters. The Hall–Kier alpha value is -3.22. The van der Waals surface area contributed by atoms with Crippen molar-refractivity contribution in [2.75, 3.05) is 20.8 Å². The second kappa shape index (κ2) is 8.37. The third-order valence-electron chi connectivity index (χ3n) is 7.03. The van der Waals surface area contributed by atoms with Gasteiger partial charge in [-0.2, -0.15) is 0 Å². The van der Waals surface area contributed by atoms with Crippen LogP contribution in [0.15, 0.2) is 42.5 Å². The van der Waals surface area contributed by atoms with Crippen molar-refractivity contribution in [2.24, 2.45) is 0 Å². The van der Waals surface area contributed by atoms with Crippen molar-refractivity contribution in [3.63, 3.8) is 0 Å². The average molecular weight is 436 g/mol. The number of piperazine rings is 1. The summed E-state index contributed by atoms with van der Waals surface area (Å²) in [5, 5.41) is 3.05. The molecule has 3 amide bonds. The highest BCUT2D eigenvalue weighted by molar-refractivity contribution is 5.90. The number of nitrogens with zero attached hydrogens (tertiary/aromatic N) is 2. The van der Waals surface area contributed by atoms with Crippen molar-refractivity contribution in [3.8, 4) is 11.5 Å². The summed E-state index contributed by atoms with van der Waals surface area (Å²) in [5.41, 5.74) is 3.18. The molecule has 2 fully saturated rings. The number of urea groups is 1. The number of ether oxygens (including phenoxy) is 2. The van der Waals surface area contributed by atoms with Gasteiger partial charge in [-0.15, -0.1) is 0 Å². The van der Waals surface area contributed by atoms with E-state index in [9.17, 15) is 9.59 Å². The summed E-state index contributed by atoms with van der Waals surface area (Å²) in [5.74, 6) is 1.51. The van der Waals surface area contributed by atoms with Crippen LogP contribution >= 0.6 is 0 Å². The van der Waals surface area contributed by atoms with E-state index in [1.165, 1.54) is 0 Å². The van der Waals surface area contributed by atoms with E-state index in [4.69, 9.17) is 9.47 Å². The van der Waals surface area contributed by atoms with Gasteiger partial charge < -0.3 is 24.6 Å². The number of hydrogen-bond donors (Lipinski definition) is 1. The van der Waals surface area contributed by atoms with Gasteiger partial charge in [-0.3, -0.25) is 4.79 Å². The molecule has 7 nitrogen and oxygen atoms in total. The van der Waals surface area contributed by atoms with Crippen molar-refractivity contribution in [1.29, 1.82) is 0 Å². The maximum absolute atomic E-state index is 13.5. The van der Waals surface area contributed by atoms with Crippen LogP contribution in [-0.4, -0.2) is 54.6 Å². The lowest BCUT2D eigenvalue weighted by Gasteiger charge is -2.55. The van der Waals surface area contributed by atoms with Crippen molar-refractivity contribution in [2.45, 2.75) is 50.4 Å². The van der Waals surface area contributed by atoms with Gasteiger partial charge >= 0.3 is 6.03 Å². The van der Waals surface area contributed by atoms with Crippen LogP contribution < -0.4 is 14.8 Å². The lowest BCUT2D eigenvalue weighted by Crippen LogP contribution is -2.68. The number of amides is 3. The fraction of sp³-hybridized carbons (Fsp3) is 0.440. The molecule has 3 heterocycles. The number of hydrogen-bond acceptors (Lipinski definition) is 4. The monoisotopic (exact) mass is 435 g/mol. The number of methoxy groups -OCH3 is 2. The minimum atomic E-state index is -0.397. The van der Waals surface area contributed by atoms with Gasteiger partial charge in [0, 0.05) is 24.7 Å². The molecule has 2 aromatic rings. The number of rotatable bonds is 4. The molecule has 2 bridgehead atoms. The molecule has 0 radical (unpaired) electrons. The van der Waals surface area contributed by atoms with Gasteiger partial charge in [-0.1, -0.05) is 30.3 Å². The zero-order valence-corrected chi connectivity index (χ0v) is 18.5. The van der Waals surface area contributed by atoms with E-state index < -0.39 is 6.04 Å². The summed E-state index contributed by atoms with van der Waals surface area (Å²) in [6.07, 6.45) is 3.26. The van der Waals surface area contributed by atoms with Crippen LogP contribution in [0.25, 0.3) is 0 Å². The third-order valence-corrected chi connectivity index (χ3v) is 7.03. The highest BCUT2D eigenvalue weighted by atomic mass is 16.5. The molecule has 0 spiro atoms. The molecule has 3 unspecified atom stereocenters. The molecule has 168 valence electrons. The molecule has 7 heteroatoms. The minimum Gasteiger partial charge on any atom is -0.497 e.